The Morgan fingerprint density at radius 2 is 2.31 bits per heavy atom. The molecule has 0 aromatic carbocycles. The second-order valence-corrected chi connectivity index (χ2v) is 4.83. The molecule has 1 fully saturated rings. The van der Waals surface area contributed by atoms with E-state index in [9.17, 15) is 4.79 Å². The SMILES string of the molecule is Cc1cncc(C(=O)NCC2(CCl)CC2)c1. The molecule has 16 heavy (non-hydrogen) atoms. The predicted octanol–water partition coefficient (Wildman–Crippen LogP) is 2.14. The van der Waals surface area contributed by atoms with Crippen molar-refractivity contribution >= 4 is 17.5 Å². The highest BCUT2D eigenvalue weighted by molar-refractivity contribution is 6.18. The first-order valence-corrected chi connectivity index (χ1v) is 5.94. The Balaban J connectivity index is 1.93. The Morgan fingerprint density at radius 3 is 2.88 bits per heavy atom. The Kier molecular flexibility index (Phi) is 3.15. The van der Waals surface area contributed by atoms with E-state index in [1.54, 1.807) is 12.4 Å². The first kappa shape index (κ1) is 11.4. The van der Waals surface area contributed by atoms with Crippen molar-refractivity contribution in [2.75, 3.05) is 12.4 Å². The molecule has 1 amide bonds. The largest absolute Gasteiger partial charge is 0.351 e. The summed E-state index contributed by atoms with van der Waals surface area (Å²) in [7, 11) is 0. The van der Waals surface area contributed by atoms with Crippen LogP contribution in [0.1, 0.15) is 28.8 Å². The van der Waals surface area contributed by atoms with Crippen molar-refractivity contribution in [3.05, 3.63) is 29.6 Å². The van der Waals surface area contributed by atoms with Crippen molar-refractivity contribution in [3.8, 4) is 0 Å². The van der Waals surface area contributed by atoms with Gasteiger partial charge in [0.15, 0.2) is 0 Å². The lowest BCUT2D eigenvalue weighted by Crippen LogP contribution is -2.31. The number of pyridine rings is 1. The minimum Gasteiger partial charge on any atom is -0.351 e. The number of carbonyl (C=O) groups is 1. The van der Waals surface area contributed by atoms with E-state index in [4.69, 9.17) is 11.6 Å². The number of alkyl halides is 1. The number of rotatable bonds is 4. The third kappa shape index (κ3) is 2.53. The van der Waals surface area contributed by atoms with Crippen LogP contribution in [-0.2, 0) is 0 Å². The molecule has 1 aromatic rings. The Bertz CT molecular complexity index is 402. The summed E-state index contributed by atoms with van der Waals surface area (Å²) < 4.78 is 0. The van der Waals surface area contributed by atoms with Gasteiger partial charge in [-0.2, -0.15) is 0 Å². The van der Waals surface area contributed by atoms with E-state index in [0.29, 0.717) is 18.0 Å². The summed E-state index contributed by atoms with van der Waals surface area (Å²) in [6.07, 6.45) is 5.55. The van der Waals surface area contributed by atoms with Crippen molar-refractivity contribution in [2.24, 2.45) is 5.41 Å². The Labute approximate surface area is 100 Å². The molecule has 3 nitrogen and oxygen atoms in total. The molecule has 1 saturated carbocycles. The van der Waals surface area contributed by atoms with E-state index in [-0.39, 0.29) is 11.3 Å². The summed E-state index contributed by atoms with van der Waals surface area (Å²) in [4.78, 5) is 15.8. The lowest BCUT2D eigenvalue weighted by Gasteiger charge is -2.12. The topological polar surface area (TPSA) is 42.0 Å². The number of nitrogens with zero attached hydrogens (tertiary/aromatic N) is 1. The van der Waals surface area contributed by atoms with Gasteiger partial charge in [-0.05, 0) is 31.4 Å². The van der Waals surface area contributed by atoms with Gasteiger partial charge in [-0.3, -0.25) is 9.78 Å². The van der Waals surface area contributed by atoms with Gasteiger partial charge in [0, 0.05) is 30.2 Å². The number of halogens is 1. The highest BCUT2D eigenvalue weighted by Gasteiger charge is 2.41. The number of carbonyl (C=O) groups excluding carboxylic acids is 1. The maximum absolute atomic E-state index is 11.8. The number of aryl methyl sites for hydroxylation is 1. The van der Waals surface area contributed by atoms with Crippen LogP contribution in [0.3, 0.4) is 0 Å². The monoisotopic (exact) mass is 238 g/mol. The van der Waals surface area contributed by atoms with Gasteiger partial charge in [-0.1, -0.05) is 0 Å². The molecular formula is C12H15ClN2O. The zero-order valence-corrected chi connectivity index (χ0v) is 10.0. The average Bonchev–Trinajstić information content (AvgIpc) is 3.07. The smallest absolute Gasteiger partial charge is 0.252 e. The average molecular weight is 239 g/mol. The molecular weight excluding hydrogens is 224 g/mol. The standard InChI is InChI=1S/C12H15ClN2O/c1-9-4-10(6-14-5-9)11(16)15-8-12(7-13)2-3-12/h4-6H,2-3,7-8H2,1H3,(H,15,16). The van der Waals surface area contributed by atoms with Crippen LogP contribution in [0.15, 0.2) is 18.5 Å². The first-order chi connectivity index (χ1) is 7.65. The molecule has 2 rings (SSSR count). The second kappa shape index (κ2) is 4.42. The van der Waals surface area contributed by atoms with Gasteiger partial charge in [-0.15, -0.1) is 11.6 Å². The molecule has 1 aromatic heterocycles. The molecule has 86 valence electrons. The highest BCUT2D eigenvalue weighted by Crippen LogP contribution is 2.45. The zero-order chi connectivity index (χ0) is 11.6. The molecule has 0 aliphatic heterocycles. The second-order valence-electron chi connectivity index (χ2n) is 4.57. The van der Waals surface area contributed by atoms with Gasteiger partial charge >= 0.3 is 0 Å². The number of nitrogens with one attached hydrogen (secondary N) is 1. The molecule has 1 aliphatic rings. The van der Waals surface area contributed by atoms with Gasteiger partial charge in [0.2, 0.25) is 0 Å². The molecule has 0 spiro atoms. The number of amides is 1. The minimum atomic E-state index is -0.0624. The lowest BCUT2D eigenvalue weighted by atomic mass is 10.1. The molecule has 0 bridgehead atoms. The van der Waals surface area contributed by atoms with Crippen LogP contribution in [-0.4, -0.2) is 23.3 Å². The van der Waals surface area contributed by atoms with E-state index in [1.807, 2.05) is 13.0 Å². The summed E-state index contributed by atoms with van der Waals surface area (Å²) >= 11 is 5.85. The van der Waals surface area contributed by atoms with Gasteiger partial charge in [0.1, 0.15) is 0 Å². The Morgan fingerprint density at radius 1 is 1.56 bits per heavy atom. The molecule has 0 saturated heterocycles. The van der Waals surface area contributed by atoms with Crippen LogP contribution in [0.5, 0.6) is 0 Å². The molecule has 0 unspecified atom stereocenters. The quantitative estimate of drug-likeness (QED) is 0.817. The summed E-state index contributed by atoms with van der Waals surface area (Å²) in [5, 5.41) is 2.92. The Hall–Kier alpha value is -1.09. The molecule has 0 atom stereocenters. The number of hydrogen-bond donors (Lipinski definition) is 1. The highest BCUT2D eigenvalue weighted by atomic mass is 35.5. The van der Waals surface area contributed by atoms with E-state index < -0.39 is 0 Å². The molecule has 1 heterocycles. The van der Waals surface area contributed by atoms with Crippen molar-refractivity contribution in [2.45, 2.75) is 19.8 Å². The molecule has 0 radical (unpaired) electrons. The summed E-state index contributed by atoms with van der Waals surface area (Å²) in [5.41, 5.74) is 1.77. The summed E-state index contributed by atoms with van der Waals surface area (Å²) in [5.74, 6) is 0.562. The van der Waals surface area contributed by atoms with Crippen LogP contribution < -0.4 is 5.32 Å². The van der Waals surface area contributed by atoms with Crippen molar-refractivity contribution in [3.63, 3.8) is 0 Å². The van der Waals surface area contributed by atoms with Crippen molar-refractivity contribution < 1.29 is 4.79 Å². The van der Waals surface area contributed by atoms with Crippen LogP contribution >= 0.6 is 11.6 Å². The van der Waals surface area contributed by atoms with Crippen molar-refractivity contribution in [1.29, 1.82) is 0 Å². The maximum Gasteiger partial charge on any atom is 0.252 e. The number of aromatic nitrogens is 1. The fraction of sp³-hybridized carbons (Fsp3) is 0.500. The third-order valence-electron chi connectivity index (χ3n) is 3.00. The molecule has 1 aliphatic carbocycles. The van der Waals surface area contributed by atoms with Crippen LogP contribution in [0.2, 0.25) is 0 Å². The van der Waals surface area contributed by atoms with Crippen molar-refractivity contribution in [1.82, 2.24) is 10.3 Å². The van der Waals surface area contributed by atoms with Gasteiger partial charge in [-0.25, -0.2) is 0 Å². The van der Waals surface area contributed by atoms with E-state index in [2.05, 4.69) is 10.3 Å². The third-order valence-corrected chi connectivity index (χ3v) is 3.57. The molecule has 4 heteroatoms. The minimum absolute atomic E-state index is 0.0624. The van der Waals surface area contributed by atoms with E-state index in [1.165, 1.54) is 0 Å². The van der Waals surface area contributed by atoms with E-state index in [0.717, 1.165) is 18.4 Å². The predicted molar refractivity (Wildman–Crippen MR) is 63.7 cm³/mol. The summed E-state index contributed by atoms with van der Waals surface area (Å²) in [6.45, 7) is 2.59. The van der Waals surface area contributed by atoms with Gasteiger partial charge in [0.25, 0.3) is 5.91 Å². The fourth-order valence-corrected chi connectivity index (χ4v) is 1.95. The zero-order valence-electron chi connectivity index (χ0n) is 9.29. The normalized spacial score (nSPS) is 16.9. The first-order valence-electron chi connectivity index (χ1n) is 5.41. The van der Waals surface area contributed by atoms with Crippen LogP contribution in [0.25, 0.3) is 0 Å². The summed E-state index contributed by atoms with van der Waals surface area (Å²) in [6, 6.07) is 1.84. The number of hydrogen-bond acceptors (Lipinski definition) is 2. The van der Waals surface area contributed by atoms with Gasteiger partial charge in [0.05, 0.1) is 5.56 Å². The van der Waals surface area contributed by atoms with E-state index >= 15 is 0 Å². The molecule has 1 N–H and O–H groups in total. The fourth-order valence-electron chi connectivity index (χ4n) is 1.58. The van der Waals surface area contributed by atoms with Gasteiger partial charge < -0.3 is 5.32 Å². The van der Waals surface area contributed by atoms with Crippen LogP contribution in [0, 0.1) is 12.3 Å². The lowest BCUT2D eigenvalue weighted by molar-refractivity contribution is 0.0946. The maximum atomic E-state index is 11.8. The van der Waals surface area contributed by atoms with Crippen LogP contribution in [0.4, 0.5) is 0 Å².